The van der Waals surface area contributed by atoms with E-state index in [0.717, 1.165) is 48.0 Å². The van der Waals surface area contributed by atoms with Crippen LogP contribution in [0.4, 0.5) is 5.82 Å². The predicted molar refractivity (Wildman–Crippen MR) is 105 cm³/mol. The summed E-state index contributed by atoms with van der Waals surface area (Å²) in [7, 11) is 0. The average Bonchev–Trinajstić information content (AvgIpc) is 3.41. The Hall–Kier alpha value is -3.33. The molecule has 27 heavy (non-hydrogen) atoms. The third kappa shape index (κ3) is 3.63. The van der Waals surface area contributed by atoms with E-state index < -0.39 is 0 Å². The molecule has 3 N–H and O–H groups in total. The summed E-state index contributed by atoms with van der Waals surface area (Å²) in [5.41, 5.74) is 9.07. The molecule has 1 saturated carbocycles. The smallest absolute Gasteiger partial charge is 0.251 e. The standard InChI is InChI=1S/C21H21N5O/c1-2-10-26-12-16(18-19(22)23-13-24-20(18)26)7-6-14-4-3-5-15(11-14)21(27)25-17-8-9-17/h3-5,11-13,17H,2,8-10H2,1H3,(H,25,27)(H2,22,23,24). The number of fused-ring (bicyclic) bond motifs is 1. The van der Waals surface area contributed by atoms with Crippen molar-refractivity contribution in [2.75, 3.05) is 5.73 Å². The summed E-state index contributed by atoms with van der Waals surface area (Å²) in [6.07, 6.45) is 6.56. The summed E-state index contributed by atoms with van der Waals surface area (Å²) in [5.74, 6) is 6.71. The number of amides is 1. The molecule has 0 spiro atoms. The van der Waals surface area contributed by atoms with Crippen LogP contribution in [0.1, 0.15) is 47.7 Å². The lowest BCUT2D eigenvalue weighted by Gasteiger charge is -2.03. The van der Waals surface area contributed by atoms with Crippen LogP contribution in [0.5, 0.6) is 0 Å². The molecular formula is C21H21N5O. The average molecular weight is 359 g/mol. The zero-order valence-electron chi connectivity index (χ0n) is 15.2. The molecule has 0 saturated heterocycles. The number of anilines is 1. The van der Waals surface area contributed by atoms with Crippen LogP contribution in [0.2, 0.25) is 0 Å². The van der Waals surface area contributed by atoms with Crippen LogP contribution in [0, 0.1) is 11.8 Å². The molecular weight excluding hydrogens is 338 g/mol. The highest BCUT2D eigenvalue weighted by Crippen LogP contribution is 2.23. The van der Waals surface area contributed by atoms with Crippen molar-refractivity contribution in [1.82, 2.24) is 19.9 Å². The van der Waals surface area contributed by atoms with Gasteiger partial charge in [0.05, 0.1) is 10.9 Å². The number of nitrogens with zero attached hydrogens (tertiary/aromatic N) is 3. The number of benzene rings is 1. The number of hydrogen-bond acceptors (Lipinski definition) is 4. The first-order chi connectivity index (χ1) is 13.2. The zero-order chi connectivity index (χ0) is 18.8. The number of rotatable bonds is 4. The summed E-state index contributed by atoms with van der Waals surface area (Å²) < 4.78 is 2.05. The van der Waals surface area contributed by atoms with Gasteiger partial charge in [0.25, 0.3) is 5.91 Å². The summed E-state index contributed by atoms with van der Waals surface area (Å²) in [4.78, 5) is 20.7. The second-order valence-electron chi connectivity index (χ2n) is 6.77. The molecule has 1 aromatic carbocycles. The first-order valence-electron chi connectivity index (χ1n) is 9.18. The lowest BCUT2D eigenvalue weighted by molar-refractivity contribution is 0.0951. The molecule has 2 aromatic heterocycles. The van der Waals surface area contributed by atoms with Crippen molar-refractivity contribution in [3.63, 3.8) is 0 Å². The zero-order valence-corrected chi connectivity index (χ0v) is 15.2. The second kappa shape index (κ2) is 7.12. The summed E-state index contributed by atoms with van der Waals surface area (Å²) >= 11 is 0. The molecule has 0 aliphatic heterocycles. The van der Waals surface area contributed by atoms with Gasteiger partial charge in [-0.25, -0.2) is 9.97 Å². The SMILES string of the molecule is CCCn1cc(C#Cc2cccc(C(=O)NC3CC3)c2)c2c(N)ncnc21. The van der Waals surface area contributed by atoms with Crippen LogP contribution in [0.3, 0.4) is 0 Å². The molecule has 1 fully saturated rings. The number of carbonyl (C=O) groups excluding carboxylic acids is 1. The fourth-order valence-electron chi connectivity index (χ4n) is 3.03. The molecule has 4 rings (SSSR count). The van der Waals surface area contributed by atoms with Gasteiger partial charge in [0, 0.05) is 29.9 Å². The highest BCUT2D eigenvalue weighted by atomic mass is 16.1. The Balaban J connectivity index is 1.67. The fourth-order valence-corrected chi connectivity index (χ4v) is 3.03. The van der Waals surface area contributed by atoms with Gasteiger partial charge in [-0.05, 0) is 37.5 Å². The molecule has 0 bridgehead atoms. The van der Waals surface area contributed by atoms with E-state index in [2.05, 4.69) is 38.6 Å². The summed E-state index contributed by atoms with van der Waals surface area (Å²) in [6, 6.07) is 7.70. The van der Waals surface area contributed by atoms with Crippen LogP contribution in [-0.2, 0) is 6.54 Å². The Labute approximate surface area is 157 Å². The summed E-state index contributed by atoms with van der Waals surface area (Å²) in [6.45, 7) is 2.95. The van der Waals surface area contributed by atoms with E-state index in [0.29, 0.717) is 17.4 Å². The second-order valence-corrected chi connectivity index (χ2v) is 6.77. The minimum atomic E-state index is -0.0432. The van der Waals surface area contributed by atoms with Gasteiger partial charge in [0.2, 0.25) is 0 Å². The monoisotopic (exact) mass is 359 g/mol. The fraction of sp³-hybridized carbons (Fsp3) is 0.286. The van der Waals surface area contributed by atoms with Gasteiger partial charge in [-0.1, -0.05) is 24.8 Å². The number of aryl methyl sites for hydroxylation is 1. The normalized spacial score (nSPS) is 13.2. The Morgan fingerprint density at radius 2 is 2.19 bits per heavy atom. The first kappa shape index (κ1) is 17.1. The highest BCUT2D eigenvalue weighted by Gasteiger charge is 2.23. The molecule has 2 heterocycles. The minimum absolute atomic E-state index is 0.0432. The predicted octanol–water partition coefficient (Wildman–Crippen LogP) is 2.72. The molecule has 0 radical (unpaired) electrons. The maximum absolute atomic E-state index is 12.2. The molecule has 0 unspecified atom stereocenters. The van der Waals surface area contributed by atoms with Gasteiger partial charge in [-0.15, -0.1) is 0 Å². The van der Waals surface area contributed by atoms with Crippen molar-refractivity contribution in [2.24, 2.45) is 0 Å². The molecule has 3 aromatic rings. The van der Waals surface area contributed by atoms with Gasteiger partial charge < -0.3 is 15.6 Å². The number of nitrogens with two attached hydrogens (primary N) is 1. The van der Waals surface area contributed by atoms with Crippen LogP contribution in [0.25, 0.3) is 11.0 Å². The van der Waals surface area contributed by atoms with E-state index in [4.69, 9.17) is 5.73 Å². The van der Waals surface area contributed by atoms with E-state index in [-0.39, 0.29) is 5.91 Å². The van der Waals surface area contributed by atoms with Gasteiger partial charge >= 0.3 is 0 Å². The minimum Gasteiger partial charge on any atom is -0.383 e. The van der Waals surface area contributed by atoms with Gasteiger partial charge in [0.1, 0.15) is 17.8 Å². The third-order valence-corrected chi connectivity index (χ3v) is 4.53. The van der Waals surface area contributed by atoms with Gasteiger partial charge in [-0.2, -0.15) is 0 Å². The molecule has 6 heteroatoms. The maximum Gasteiger partial charge on any atom is 0.251 e. The van der Waals surface area contributed by atoms with Gasteiger partial charge in [-0.3, -0.25) is 4.79 Å². The van der Waals surface area contributed by atoms with Crippen LogP contribution < -0.4 is 11.1 Å². The Morgan fingerprint density at radius 3 is 2.96 bits per heavy atom. The number of nitrogens with one attached hydrogen (secondary N) is 1. The molecule has 1 aliphatic carbocycles. The number of nitrogen functional groups attached to an aromatic ring is 1. The van der Waals surface area contributed by atoms with E-state index in [1.807, 2.05) is 30.5 Å². The van der Waals surface area contributed by atoms with Crippen molar-refractivity contribution in [1.29, 1.82) is 0 Å². The van der Waals surface area contributed by atoms with Crippen molar-refractivity contribution in [2.45, 2.75) is 38.8 Å². The highest BCUT2D eigenvalue weighted by molar-refractivity contribution is 5.95. The first-order valence-corrected chi connectivity index (χ1v) is 9.18. The van der Waals surface area contributed by atoms with Crippen LogP contribution >= 0.6 is 0 Å². The van der Waals surface area contributed by atoms with E-state index in [1.165, 1.54) is 6.33 Å². The van der Waals surface area contributed by atoms with Crippen molar-refractivity contribution >= 4 is 22.8 Å². The Kier molecular flexibility index (Phi) is 4.51. The van der Waals surface area contributed by atoms with Crippen LogP contribution in [0.15, 0.2) is 36.8 Å². The quantitative estimate of drug-likeness (QED) is 0.702. The lowest BCUT2D eigenvalue weighted by Crippen LogP contribution is -2.25. The molecule has 0 atom stereocenters. The van der Waals surface area contributed by atoms with Crippen molar-refractivity contribution in [3.05, 3.63) is 53.5 Å². The third-order valence-electron chi connectivity index (χ3n) is 4.53. The molecule has 6 nitrogen and oxygen atoms in total. The van der Waals surface area contributed by atoms with Crippen molar-refractivity contribution < 1.29 is 4.79 Å². The topological polar surface area (TPSA) is 85.8 Å². The van der Waals surface area contributed by atoms with E-state index in [9.17, 15) is 4.79 Å². The van der Waals surface area contributed by atoms with Crippen LogP contribution in [-0.4, -0.2) is 26.5 Å². The van der Waals surface area contributed by atoms with Crippen molar-refractivity contribution in [3.8, 4) is 11.8 Å². The molecule has 1 aliphatic rings. The van der Waals surface area contributed by atoms with E-state index in [1.54, 1.807) is 0 Å². The van der Waals surface area contributed by atoms with E-state index >= 15 is 0 Å². The Bertz CT molecular complexity index is 1070. The largest absolute Gasteiger partial charge is 0.383 e. The summed E-state index contributed by atoms with van der Waals surface area (Å²) in [5, 5.41) is 3.78. The number of carbonyl (C=O) groups is 1. The molecule has 136 valence electrons. The number of aromatic nitrogens is 3. The Morgan fingerprint density at radius 1 is 1.33 bits per heavy atom. The maximum atomic E-state index is 12.2. The van der Waals surface area contributed by atoms with Gasteiger partial charge in [0.15, 0.2) is 0 Å². The lowest BCUT2D eigenvalue weighted by atomic mass is 10.1. The molecule has 1 amide bonds. The number of hydrogen-bond donors (Lipinski definition) is 2.